The molecule has 0 aromatic heterocycles. The lowest BCUT2D eigenvalue weighted by molar-refractivity contribution is -0.129. The number of amides is 1. The Morgan fingerprint density at radius 2 is 1.88 bits per heavy atom. The highest BCUT2D eigenvalue weighted by molar-refractivity contribution is 5.81. The lowest BCUT2D eigenvalue weighted by atomic mass is 9.91. The minimum absolute atomic E-state index is 0.0911. The van der Waals surface area contributed by atoms with E-state index < -0.39 is 11.1 Å². The SMILES string of the molecule is CC(C)(C)C(=O)NCC1(F)CCN(Cc2ccc(C#N)cc2)CC1. The average Bonchev–Trinajstić information content (AvgIpc) is 2.55. The number of alkyl halides is 1. The summed E-state index contributed by atoms with van der Waals surface area (Å²) in [5, 5.41) is 11.6. The Morgan fingerprint density at radius 1 is 1.29 bits per heavy atom. The Bertz CT molecular complexity index is 605. The molecule has 0 atom stereocenters. The maximum atomic E-state index is 14.9. The van der Waals surface area contributed by atoms with Crippen molar-refractivity contribution >= 4 is 5.91 Å². The number of carbonyl (C=O) groups is 1. The third-order valence-corrected chi connectivity index (χ3v) is 4.49. The quantitative estimate of drug-likeness (QED) is 0.923. The summed E-state index contributed by atoms with van der Waals surface area (Å²) < 4.78 is 14.9. The first kappa shape index (κ1) is 18.4. The summed E-state index contributed by atoms with van der Waals surface area (Å²) in [5.74, 6) is -0.112. The molecule has 0 bridgehead atoms. The topological polar surface area (TPSA) is 56.1 Å². The van der Waals surface area contributed by atoms with Gasteiger partial charge in [0, 0.05) is 25.0 Å². The lowest BCUT2D eigenvalue weighted by Gasteiger charge is -2.37. The summed E-state index contributed by atoms with van der Waals surface area (Å²) in [5.41, 5.74) is -0.0366. The van der Waals surface area contributed by atoms with Crippen molar-refractivity contribution in [3.05, 3.63) is 35.4 Å². The van der Waals surface area contributed by atoms with Crippen LogP contribution in [0.15, 0.2) is 24.3 Å². The maximum absolute atomic E-state index is 14.9. The summed E-state index contributed by atoms with van der Waals surface area (Å²) in [6.07, 6.45) is 0.849. The minimum atomic E-state index is -1.32. The number of nitrogens with zero attached hydrogens (tertiary/aromatic N) is 2. The number of carbonyl (C=O) groups excluding carboxylic acids is 1. The Balaban J connectivity index is 1.81. The Hall–Kier alpha value is -1.93. The molecule has 0 unspecified atom stereocenters. The van der Waals surface area contributed by atoms with Gasteiger partial charge in [0.2, 0.25) is 5.91 Å². The molecule has 0 spiro atoms. The molecular formula is C19H26FN3O. The van der Waals surface area contributed by atoms with Gasteiger partial charge in [0.15, 0.2) is 0 Å². The van der Waals surface area contributed by atoms with Gasteiger partial charge in [-0.1, -0.05) is 32.9 Å². The zero-order valence-corrected chi connectivity index (χ0v) is 14.7. The highest BCUT2D eigenvalue weighted by Gasteiger charge is 2.35. The van der Waals surface area contributed by atoms with E-state index in [0.29, 0.717) is 31.5 Å². The van der Waals surface area contributed by atoms with E-state index in [0.717, 1.165) is 12.1 Å². The smallest absolute Gasteiger partial charge is 0.225 e. The monoisotopic (exact) mass is 331 g/mol. The largest absolute Gasteiger partial charge is 0.352 e. The van der Waals surface area contributed by atoms with E-state index in [1.807, 2.05) is 32.9 Å². The van der Waals surface area contributed by atoms with Gasteiger partial charge in [-0.15, -0.1) is 0 Å². The van der Waals surface area contributed by atoms with Crippen molar-refractivity contribution in [2.45, 2.75) is 45.8 Å². The average molecular weight is 331 g/mol. The molecule has 1 heterocycles. The van der Waals surface area contributed by atoms with E-state index >= 15 is 0 Å². The van der Waals surface area contributed by atoms with Crippen LogP contribution in [0.5, 0.6) is 0 Å². The van der Waals surface area contributed by atoms with Gasteiger partial charge >= 0.3 is 0 Å². The second-order valence-corrected chi connectivity index (χ2v) is 7.67. The molecule has 1 amide bonds. The first-order valence-electron chi connectivity index (χ1n) is 8.40. The van der Waals surface area contributed by atoms with Crippen molar-refractivity contribution in [3.8, 4) is 6.07 Å². The maximum Gasteiger partial charge on any atom is 0.225 e. The molecule has 1 aliphatic rings. The van der Waals surface area contributed by atoms with E-state index in [4.69, 9.17) is 5.26 Å². The van der Waals surface area contributed by atoms with Crippen molar-refractivity contribution in [1.29, 1.82) is 5.26 Å². The van der Waals surface area contributed by atoms with E-state index in [2.05, 4.69) is 16.3 Å². The molecular weight excluding hydrogens is 305 g/mol. The van der Waals surface area contributed by atoms with E-state index in [1.165, 1.54) is 0 Å². The zero-order chi connectivity index (χ0) is 17.8. The van der Waals surface area contributed by atoms with Gasteiger partial charge in [0.25, 0.3) is 0 Å². The number of rotatable bonds is 4. The number of nitriles is 1. The normalized spacial score (nSPS) is 18.0. The van der Waals surface area contributed by atoms with Crippen LogP contribution in [0.3, 0.4) is 0 Å². The number of hydrogen-bond acceptors (Lipinski definition) is 3. The van der Waals surface area contributed by atoms with E-state index in [-0.39, 0.29) is 12.5 Å². The van der Waals surface area contributed by atoms with Crippen LogP contribution in [0.1, 0.15) is 44.7 Å². The van der Waals surface area contributed by atoms with Crippen molar-refractivity contribution in [3.63, 3.8) is 0 Å². The molecule has 0 aliphatic carbocycles. The van der Waals surface area contributed by atoms with Crippen LogP contribution >= 0.6 is 0 Å². The Kier molecular flexibility index (Phi) is 5.61. The standard InChI is InChI=1S/C19H26FN3O/c1-18(2,3)17(24)22-14-19(20)8-10-23(11-9-19)13-16-6-4-15(12-21)5-7-16/h4-7H,8-11,13-14H2,1-3H3,(H,22,24). The summed E-state index contributed by atoms with van der Waals surface area (Å²) in [6.45, 7) is 7.67. The molecule has 5 heteroatoms. The van der Waals surface area contributed by atoms with E-state index in [1.54, 1.807) is 12.1 Å². The molecule has 0 saturated carbocycles. The highest BCUT2D eigenvalue weighted by Crippen LogP contribution is 2.27. The van der Waals surface area contributed by atoms with Gasteiger partial charge in [-0.05, 0) is 30.5 Å². The molecule has 0 radical (unpaired) electrons. The summed E-state index contributed by atoms with van der Waals surface area (Å²) in [6, 6.07) is 9.60. The third kappa shape index (κ3) is 5.04. The van der Waals surface area contributed by atoms with Crippen LogP contribution < -0.4 is 5.32 Å². The fourth-order valence-corrected chi connectivity index (χ4v) is 2.74. The van der Waals surface area contributed by atoms with Crippen LogP contribution in [-0.2, 0) is 11.3 Å². The van der Waals surface area contributed by atoms with E-state index in [9.17, 15) is 9.18 Å². The van der Waals surface area contributed by atoms with Crippen molar-refractivity contribution in [1.82, 2.24) is 10.2 Å². The van der Waals surface area contributed by atoms with Crippen LogP contribution in [0.2, 0.25) is 0 Å². The van der Waals surface area contributed by atoms with Gasteiger partial charge in [-0.2, -0.15) is 5.26 Å². The molecule has 4 nitrogen and oxygen atoms in total. The molecule has 1 N–H and O–H groups in total. The highest BCUT2D eigenvalue weighted by atomic mass is 19.1. The first-order valence-corrected chi connectivity index (χ1v) is 8.40. The number of likely N-dealkylation sites (tertiary alicyclic amines) is 1. The fourth-order valence-electron chi connectivity index (χ4n) is 2.74. The lowest BCUT2D eigenvalue weighted by Crippen LogP contribution is -2.49. The molecule has 1 aromatic carbocycles. The molecule has 1 saturated heterocycles. The van der Waals surface area contributed by atoms with Crippen molar-refractivity contribution in [2.24, 2.45) is 5.41 Å². The third-order valence-electron chi connectivity index (χ3n) is 4.49. The molecule has 24 heavy (non-hydrogen) atoms. The van der Waals surface area contributed by atoms with Crippen LogP contribution in [0.25, 0.3) is 0 Å². The number of benzene rings is 1. The number of nitrogens with one attached hydrogen (secondary N) is 1. The minimum Gasteiger partial charge on any atom is -0.352 e. The Labute approximate surface area is 143 Å². The predicted octanol–water partition coefficient (Wildman–Crippen LogP) is 3.02. The summed E-state index contributed by atoms with van der Waals surface area (Å²) >= 11 is 0. The van der Waals surface area contributed by atoms with Gasteiger partial charge in [-0.3, -0.25) is 9.69 Å². The van der Waals surface area contributed by atoms with Crippen LogP contribution in [0.4, 0.5) is 4.39 Å². The molecule has 130 valence electrons. The number of piperidine rings is 1. The predicted molar refractivity (Wildman–Crippen MR) is 92.0 cm³/mol. The van der Waals surface area contributed by atoms with Crippen LogP contribution in [0, 0.1) is 16.7 Å². The first-order chi connectivity index (χ1) is 11.2. The molecule has 1 fully saturated rings. The zero-order valence-electron chi connectivity index (χ0n) is 14.7. The molecule has 2 rings (SSSR count). The second-order valence-electron chi connectivity index (χ2n) is 7.67. The number of halogens is 1. The summed E-state index contributed by atoms with van der Waals surface area (Å²) in [4.78, 5) is 14.1. The molecule has 1 aromatic rings. The van der Waals surface area contributed by atoms with Crippen molar-refractivity contribution in [2.75, 3.05) is 19.6 Å². The van der Waals surface area contributed by atoms with Crippen molar-refractivity contribution < 1.29 is 9.18 Å². The van der Waals surface area contributed by atoms with Gasteiger partial charge in [-0.25, -0.2) is 4.39 Å². The fraction of sp³-hybridized carbons (Fsp3) is 0.579. The van der Waals surface area contributed by atoms with Gasteiger partial charge in [0.1, 0.15) is 5.67 Å². The summed E-state index contributed by atoms with van der Waals surface area (Å²) in [7, 11) is 0. The van der Waals surface area contributed by atoms with Gasteiger partial charge in [0.05, 0.1) is 18.2 Å². The van der Waals surface area contributed by atoms with Crippen LogP contribution in [-0.4, -0.2) is 36.1 Å². The number of hydrogen-bond donors (Lipinski definition) is 1. The second kappa shape index (κ2) is 7.31. The molecule has 1 aliphatic heterocycles. The Morgan fingerprint density at radius 3 is 2.38 bits per heavy atom. The van der Waals surface area contributed by atoms with Gasteiger partial charge < -0.3 is 5.32 Å².